The van der Waals surface area contributed by atoms with E-state index in [1.165, 1.54) is 0 Å². The third-order valence-electron chi connectivity index (χ3n) is 1.52. The first kappa shape index (κ1) is 10.7. The topological polar surface area (TPSA) is 67.1 Å². The number of rotatable bonds is 3. The number of benzene rings is 1. The van der Waals surface area contributed by atoms with Crippen molar-refractivity contribution in [1.82, 2.24) is 5.32 Å². The van der Waals surface area contributed by atoms with Crippen molar-refractivity contribution in [3.05, 3.63) is 24.3 Å². The summed E-state index contributed by atoms with van der Waals surface area (Å²) in [5.74, 6) is 0.393. The predicted molar refractivity (Wildman–Crippen MR) is 58.6 cm³/mol. The number of amides is 2. The van der Waals surface area contributed by atoms with Gasteiger partial charge in [-0.25, -0.2) is 4.79 Å². The Kier molecular flexibility index (Phi) is 4.07. The van der Waals surface area contributed by atoms with E-state index in [1.54, 1.807) is 24.3 Å². The minimum Gasteiger partial charge on any atom is -0.399 e. The van der Waals surface area contributed by atoms with Gasteiger partial charge in [-0.1, -0.05) is 6.07 Å². The summed E-state index contributed by atoms with van der Waals surface area (Å²) >= 11 is 5.41. The van der Waals surface area contributed by atoms with Gasteiger partial charge in [0.05, 0.1) is 0 Å². The number of halogens is 1. The summed E-state index contributed by atoms with van der Waals surface area (Å²) in [6.07, 6.45) is 0. The first-order chi connectivity index (χ1) is 6.72. The number of nitrogens with two attached hydrogens (primary N) is 1. The maximum atomic E-state index is 11.2. The SMILES string of the molecule is Nc1cccc(NC(=O)NCCCl)c1. The lowest BCUT2D eigenvalue weighted by Crippen LogP contribution is -2.30. The second-order valence-electron chi connectivity index (χ2n) is 2.70. The lowest BCUT2D eigenvalue weighted by molar-refractivity contribution is 0.252. The standard InChI is InChI=1S/C9H12ClN3O/c10-4-5-12-9(14)13-8-3-1-2-7(11)6-8/h1-3,6H,4-5,11H2,(H2,12,13,14). The van der Waals surface area contributed by atoms with Crippen molar-refractivity contribution >= 4 is 29.0 Å². The maximum Gasteiger partial charge on any atom is 0.319 e. The van der Waals surface area contributed by atoms with Crippen LogP contribution in [0.15, 0.2) is 24.3 Å². The number of carbonyl (C=O) groups excluding carboxylic acids is 1. The van der Waals surface area contributed by atoms with Crippen LogP contribution in [-0.2, 0) is 0 Å². The van der Waals surface area contributed by atoms with E-state index in [1.807, 2.05) is 0 Å². The fourth-order valence-corrected chi connectivity index (χ4v) is 1.05. The van der Waals surface area contributed by atoms with Crippen molar-refractivity contribution in [2.45, 2.75) is 0 Å². The maximum absolute atomic E-state index is 11.2. The predicted octanol–water partition coefficient (Wildman–Crippen LogP) is 1.63. The molecule has 0 radical (unpaired) electrons. The van der Waals surface area contributed by atoms with Crippen LogP contribution in [0.25, 0.3) is 0 Å². The van der Waals surface area contributed by atoms with Crippen LogP contribution in [-0.4, -0.2) is 18.5 Å². The van der Waals surface area contributed by atoms with Gasteiger partial charge in [-0.3, -0.25) is 0 Å². The highest BCUT2D eigenvalue weighted by Gasteiger charge is 1.99. The molecule has 1 aromatic rings. The van der Waals surface area contributed by atoms with Crippen molar-refractivity contribution in [3.63, 3.8) is 0 Å². The summed E-state index contributed by atoms with van der Waals surface area (Å²) in [5, 5.41) is 5.21. The van der Waals surface area contributed by atoms with Crippen molar-refractivity contribution in [2.75, 3.05) is 23.5 Å². The molecule has 0 aliphatic heterocycles. The third kappa shape index (κ3) is 3.53. The monoisotopic (exact) mass is 213 g/mol. The summed E-state index contributed by atoms with van der Waals surface area (Å²) < 4.78 is 0. The number of nitrogen functional groups attached to an aromatic ring is 1. The zero-order valence-corrected chi connectivity index (χ0v) is 8.34. The molecule has 4 N–H and O–H groups in total. The van der Waals surface area contributed by atoms with Gasteiger partial charge in [0.2, 0.25) is 0 Å². The largest absolute Gasteiger partial charge is 0.399 e. The van der Waals surface area contributed by atoms with E-state index < -0.39 is 0 Å². The third-order valence-corrected chi connectivity index (χ3v) is 1.71. The molecule has 0 aromatic heterocycles. The summed E-state index contributed by atoms with van der Waals surface area (Å²) in [6.45, 7) is 0.440. The van der Waals surface area contributed by atoms with E-state index in [0.717, 1.165) is 0 Å². The molecule has 0 heterocycles. The first-order valence-electron chi connectivity index (χ1n) is 4.18. The van der Waals surface area contributed by atoms with Crippen LogP contribution in [0.3, 0.4) is 0 Å². The molecule has 0 aliphatic carbocycles. The molecule has 1 aromatic carbocycles. The van der Waals surface area contributed by atoms with Crippen LogP contribution in [0.5, 0.6) is 0 Å². The molecule has 0 aliphatic rings. The number of urea groups is 1. The Morgan fingerprint density at radius 3 is 2.93 bits per heavy atom. The molecule has 0 saturated heterocycles. The van der Waals surface area contributed by atoms with E-state index in [2.05, 4.69) is 10.6 Å². The van der Waals surface area contributed by atoms with Crippen LogP contribution in [0.4, 0.5) is 16.2 Å². The molecule has 76 valence electrons. The number of hydrogen-bond donors (Lipinski definition) is 3. The van der Waals surface area contributed by atoms with E-state index in [-0.39, 0.29) is 6.03 Å². The van der Waals surface area contributed by atoms with E-state index in [0.29, 0.717) is 23.8 Å². The lowest BCUT2D eigenvalue weighted by atomic mass is 10.3. The molecule has 0 spiro atoms. The Morgan fingerprint density at radius 1 is 1.50 bits per heavy atom. The Morgan fingerprint density at radius 2 is 2.29 bits per heavy atom. The number of carbonyl (C=O) groups is 1. The van der Waals surface area contributed by atoms with Crippen LogP contribution in [0, 0.1) is 0 Å². The minimum absolute atomic E-state index is 0.281. The van der Waals surface area contributed by atoms with Gasteiger partial charge in [0, 0.05) is 23.8 Å². The average Bonchev–Trinajstić information content (AvgIpc) is 2.15. The fraction of sp³-hybridized carbons (Fsp3) is 0.222. The van der Waals surface area contributed by atoms with Gasteiger partial charge in [-0.15, -0.1) is 11.6 Å². The lowest BCUT2D eigenvalue weighted by Gasteiger charge is -2.06. The van der Waals surface area contributed by atoms with Gasteiger partial charge < -0.3 is 16.4 Å². The van der Waals surface area contributed by atoms with Gasteiger partial charge in [-0.05, 0) is 18.2 Å². The van der Waals surface area contributed by atoms with E-state index >= 15 is 0 Å². The second-order valence-corrected chi connectivity index (χ2v) is 3.07. The fourth-order valence-electron chi connectivity index (χ4n) is 0.952. The van der Waals surface area contributed by atoms with Crippen molar-refractivity contribution in [1.29, 1.82) is 0 Å². The van der Waals surface area contributed by atoms with Crippen LogP contribution >= 0.6 is 11.6 Å². The van der Waals surface area contributed by atoms with Crippen LogP contribution < -0.4 is 16.4 Å². The molecular weight excluding hydrogens is 202 g/mol. The Hall–Kier alpha value is -1.42. The molecule has 1 rings (SSSR count). The van der Waals surface area contributed by atoms with Gasteiger partial charge in [-0.2, -0.15) is 0 Å². The number of anilines is 2. The molecule has 0 saturated carbocycles. The summed E-state index contributed by atoms with van der Waals surface area (Å²) in [5.41, 5.74) is 6.82. The molecule has 5 heteroatoms. The van der Waals surface area contributed by atoms with Crippen molar-refractivity contribution < 1.29 is 4.79 Å². The minimum atomic E-state index is -0.281. The van der Waals surface area contributed by atoms with Gasteiger partial charge in [0.1, 0.15) is 0 Å². The quantitative estimate of drug-likeness (QED) is 0.528. The first-order valence-corrected chi connectivity index (χ1v) is 4.72. The highest BCUT2D eigenvalue weighted by atomic mass is 35.5. The van der Waals surface area contributed by atoms with Crippen molar-refractivity contribution in [3.8, 4) is 0 Å². The molecule has 4 nitrogen and oxygen atoms in total. The molecule has 14 heavy (non-hydrogen) atoms. The molecular formula is C9H12ClN3O. The molecule has 0 unspecified atom stereocenters. The Labute approximate surface area is 87.4 Å². The second kappa shape index (κ2) is 5.34. The van der Waals surface area contributed by atoms with Gasteiger partial charge >= 0.3 is 6.03 Å². The molecule has 0 bridgehead atoms. The summed E-state index contributed by atoms with van der Waals surface area (Å²) in [6, 6.07) is 6.68. The van der Waals surface area contributed by atoms with Gasteiger partial charge in [0.25, 0.3) is 0 Å². The van der Waals surface area contributed by atoms with Crippen LogP contribution in [0.1, 0.15) is 0 Å². The smallest absolute Gasteiger partial charge is 0.319 e. The number of alkyl halides is 1. The molecule has 0 fully saturated rings. The average molecular weight is 214 g/mol. The van der Waals surface area contributed by atoms with Crippen LogP contribution in [0.2, 0.25) is 0 Å². The van der Waals surface area contributed by atoms with E-state index in [4.69, 9.17) is 17.3 Å². The normalized spacial score (nSPS) is 9.50. The Balaban J connectivity index is 2.47. The van der Waals surface area contributed by atoms with Crippen molar-refractivity contribution in [2.24, 2.45) is 0 Å². The molecule has 0 atom stereocenters. The van der Waals surface area contributed by atoms with E-state index in [9.17, 15) is 4.79 Å². The Bertz CT molecular complexity index is 317. The number of hydrogen-bond acceptors (Lipinski definition) is 2. The highest BCUT2D eigenvalue weighted by molar-refractivity contribution is 6.18. The zero-order chi connectivity index (χ0) is 10.4. The highest BCUT2D eigenvalue weighted by Crippen LogP contribution is 2.11. The molecule has 2 amide bonds. The summed E-state index contributed by atoms with van der Waals surface area (Å²) in [4.78, 5) is 11.2. The van der Waals surface area contributed by atoms with Gasteiger partial charge in [0.15, 0.2) is 0 Å². The summed E-state index contributed by atoms with van der Waals surface area (Å²) in [7, 11) is 0. The zero-order valence-electron chi connectivity index (χ0n) is 7.59. The number of nitrogens with one attached hydrogen (secondary N) is 2.